The number of benzene rings is 2. The van der Waals surface area contributed by atoms with Gasteiger partial charge in [0.1, 0.15) is 0 Å². The molecular formula is C20H22Br2N2. The predicted molar refractivity (Wildman–Crippen MR) is 106 cm³/mol. The smallest absolute Gasteiger partial charge is 0.0359 e. The van der Waals surface area contributed by atoms with Crippen LogP contribution < -0.4 is 5.73 Å². The maximum atomic E-state index is 6.74. The lowest BCUT2D eigenvalue weighted by Crippen LogP contribution is -2.63. The van der Waals surface area contributed by atoms with Gasteiger partial charge in [-0.25, -0.2) is 0 Å². The summed E-state index contributed by atoms with van der Waals surface area (Å²) in [6, 6.07) is 18.2. The normalized spacial score (nSPS) is 29.2. The van der Waals surface area contributed by atoms with Crippen LogP contribution >= 0.6 is 31.9 Å². The summed E-state index contributed by atoms with van der Waals surface area (Å²) in [4.78, 5) is 2.62. The van der Waals surface area contributed by atoms with Gasteiger partial charge < -0.3 is 5.73 Å². The van der Waals surface area contributed by atoms with Crippen LogP contribution in [-0.4, -0.2) is 30.1 Å². The van der Waals surface area contributed by atoms with E-state index in [0.29, 0.717) is 17.9 Å². The largest absolute Gasteiger partial charge is 0.326 e. The second-order valence-corrected chi connectivity index (χ2v) is 8.85. The van der Waals surface area contributed by atoms with Gasteiger partial charge in [0, 0.05) is 26.9 Å². The predicted octanol–water partition coefficient (Wildman–Crippen LogP) is 4.77. The molecule has 126 valence electrons. The Kier molecular flexibility index (Phi) is 4.83. The van der Waals surface area contributed by atoms with Gasteiger partial charge in [-0.1, -0.05) is 56.1 Å². The molecule has 24 heavy (non-hydrogen) atoms. The lowest BCUT2D eigenvalue weighted by atomic mass is 9.71. The lowest BCUT2D eigenvalue weighted by Gasteiger charge is -2.52. The summed E-state index contributed by atoms with van der Waals surface area (Å²) < 4.78 is 2.24. The molecule has 0 aromatic heterocycles. The number of fused-ring (bicyclic) bond motifs is 3. The second-order valence-electron chi connectivity index (χ2n) is 7.02. The van der Waals surface area contributed by atoms with E-state index in [9.17, 15) is 0 Å². The number of hydrogen-bond donors (Lipinski definition) is 1. The van der Waals surface area contributed by atoms with Crippen LogP contribution in [0.4, 0.5) is 0 Å². The Hall–Kier alpha value is -0.680. The number of rotatable bonds is 3. The van der Waals surface area contributed by atoms with E-state index >= 15 is 0 Å². The van der Waals surface area contributed by atoms with Gasteiger partial charge in [-0.2, -0.15) is 0 Å². The molecule has 2 aromatic rings. The first-order valence-electron chi connectivity index (χ1n) is 8.64. The van der Waals surface area contributed by atoms with Crippen molar-refractivity contribution in [3.05, 3.63) is 68.6 Å². The topological polar surface area (TPSA) is 29.3 Å². The van der Waals surface area contributed by atoms with Crippen LogP contribution in [0.15, 0.2) is 57.5 Å². The Morgan fingerprint density at radius 2 is 1.29 bits per heavy atom. The average Bonchev–Trinajstić information content (AvgIpc) is 2.61. The standard InChI is InChI=1S/C20H22Br2N2/c21-16-5-1-13(2-6-16)18(14-3-7-17(22)8-4-14)20-19(23)15-9-11-24(20)12-10-15/h1-8,15,18-20H,9-12,23H2/t19-,20-/m0/s1. The van der Waals surface area contributed by atoms with Crippen LogP contribution in [0.2, 0.25) is 0 Å². The summed E-state index contributed by atoms with van der Waals surface area (Å²) in [7, 11) is 0. The van der Waals surface area contributed by atoms with Crippen LogP contribution in [0.3, 0.4) is 0 Å². The highest BCUT2D eigenvalue weighted by Crippen LogP contribution is 2.41. The summed E-state index contributed by atoms with van der Waals surface area (Å²) >= 11 is 7.12. The molecule has 3 aliphatic rings. The quantitative estimate of drug-likeness (QED) is 0.731. The highest BCUT2D eigenvalue weighted by atomic mass is 79.9. The van der Waals surface area contributed by atoms with Crippen molar-refractivity contribution in [2.45, 2.75) is 30.8 Å². The molecule has 2 N–H and O–H groups in total. The maximum absolute atomic E-state index is 6.74. The lowest BCUT2D eigenvalue weighted by molar-refractivity contribution is 0.0204. The van der Waals surface area contributed by atoms with Gasteiger partial charge in [0.05, 0.1) is 0 Å². The van der Waals surface area contributed by atoms with E-state index in [1.54, 1.807) is 0 Å². The zero-order valence-corrected chi connectivity index (χ0v) is 16.7. The van der Waals surface area contributed by atoms with Gasteiger partial charge in [-0.05, 0) is 67.2 Å². The molecule has 0 amide bonds. The number of piperidine rings is 3. The summed E-state index contributed by atoms with van der Waals surface area (Å²) in [5.74, 6) is 0.998. The molecule has 0 radical (unpaired) electrons. The molecule has 5 rings (SSSR count). The van der Waals surface area contributed by atoms with E-state index in [4.69, 9.17) is 5.73 Å². The van der Waals surface area contributed by atoms with Gasteiger partial charge in [0.15, 0.2) is 0 Å². The first kappa shape index (κ1) is 16.8. The Labute approximate surface area is 160 Å². The molecule has 2 nitrogen and oxygen atoms in total. The molecule has 4 heteroatoms. The van der Waals surface area contributed by atoms with Crippen molar-refractivity contribution < 1.29 is 0 Å². The number of halogens is 2. The van der Waals surface area contributed by atoms with Gasteiger partial charge in [0.25, 0.3) is 0 Å². The molecule has 3 saturated heterocycles. The van der Waals surface area contributed by atoms with E-state index in [1.807, 2.05) is 0 Å². The molecular weight excluding hydrogens is 428 g/mol. The molecule has 2 bridgehead atoms. The zero-order chi connectivity index (χ0) is 16.7. The van der Waals surface area contributed by atoms with E-state index in [1.165, 1.54) is 37.1 Å². The van der Waals surface area contributed by atoms with E-state index < -0.39 is 0 Å². The van der Waals surface area contributed by atoms with Gasteiger partial charge in [-0.15, -0.1) is 0 Å². The highest BCUT2D eigenvalue weighted by molar-refractivity contribution is 9.10. The Morgan fingerprint density at radius 3 is 1.71 bits per heavy atom. The number of nitrogens with two attached hydrogens (primary N) is 1. The SMILES string of the molecule is N[C@H]1C2CCN(CC2)[C@H]1C(c1ccc(Br)cc1)c1ccc(Br)cc1. The van der Waals surface area contributed by atoms with E-state index in [-0.39, 0.29) is 6.04 Å². The van der Waals surface area contributed by atoms with Crippen LogP contribution in [-0.2, 0) is 0 Å². The first-order chi connectivity index (χ1) is 11.6. The van der Waals surface area contributed by atoms with Gasteiger partial charge >= 0.3 is 0 Å². The second kappa shape index (κ2) is 6.91. The van der Waals surface area contributed by atoms with E-state index in [0.717, 1.165) is 8.95 Å². The van der Waals surface area contributed by atoms with Crippen LogP contribution in [0.25, 0.3) is 0 Å². The summed E-state index contributed by atoms with van der Waals surface area (Å²) in [5, 5.41) is 0. The Morgan fingerprint density at radius 1 is 0.833 bits per heavy atom. The summed E-state index contributed by atoms with van der Waals surface area (Å²) in [6.45, 7) is 2.37. The molecule has 0 aliphatic carbocycles. The minimum absolute atomic E-state index is 0.254. The van der Waals surface area contributed by atoms with Crippen LogP contribution in [0.1, 0.15) is 29.9 Å². The molecule has 0 saturated carbocycles. The number of hydrogen-bond acceptors (Lipinski definition) is 2. The molecule has 3 aliphatic heterocycles. The molecule has 3 heterocycles. The molecule has 3 fully saturated rings. The molecule has 0 spiro atoms. The third kappa shape index (κ3) is 3.10. The van der Waals surface area contributed by atoms with Gasteiger partial charge in [0.2, 0.25) is 0 Å². The Balaban J connectivity index is 1.78. The minimum atomic E-state index is 0.254. The zero-order valence-electron chi connectivity index (χ0n) is 13.5. The average molecular weight is 450 g/mol. The fraction of sp³-hybridized carbons (Fsp3) is 0.400. The van der Waals surface area contributed by atoms with Crippen LogP contribution in [0, 0.1) is 5.92 Å². The fourth-order valence-corrected chi connectivity index (χ4v) is 5.01. The summed E-state index contributed by atoms with van der Waals surface area (Å²) in [6.07, 6.45) is 2.51. The molecule has 0 unspecified atom stereocenters. The van der Waals surface area contributed by atoms with Crippen molar-refractivity contribution in [2.24, 2.45) is 11.7 Å². The molecule has 2 atom stereocenters. The van der Waals surface area contributed by atoms with E-state index in [2.05, 4.69) is 85.3 Å². The third-order valence-electron chi connectivity index (χ3n) is 5.73. The Bertz CT molecular complexity index is 643. The highest BCUT2D eigenvalue weighted by Gasteiger charge is 2.44. The third-order valence-corrected chi connectivity index (χ3v) is 6.79. The van der Waals surface area contributed by atoms with Crippen molar-refractivity contribution >= 4 is 31.9 Å². The first-order valence-corrected chi connectivity index (χ1v) is 10.2. The van der Waals surface area contributed by atoms with Crippen molar-refractivity contribution in [1.82, 2.24) is 4.90 Å². The van der Waals surface area contributed by atoms with Crippen molar-refractivity contribution in [3.8, 4) is 0 Å². The van der Waals surface area contributed by atoms with Crippen molar-refractivity contribution in [1.29, 1.82) is 0 Å². The van der Waals surface area contributed by atoms with Crippen LogP contribution in [0.5, 0.6) is 0 Å². The van der Waals surface area contributed by atoms with Gasteiger partial charge in [-0.3, -0.25) is 4.90 Å². The maximum Gasteiger partial charge on any atom is 0.0359 e. The monoisotopic (exact) mass is 448 g/mol. The van der Waals surface area contributed by atoms with Crippen molar-refractivity contribution in [2.75, 3.05) is 13.1 Å². The summed E-state index contributed by atoms with van der Waals surface area (Å²) in [5.41, 5.74) is 9.45. The molecule has 2 aromatic carbocycles. The minimum Gasteiger partial charge on any atom is -0.326 e. The van der Waals surface area contributed by atoms with Crippen molar-refractivity contribution in [3.63, 3.8) is 0 Å². The fourth-order valence-electron chi connectivity index (χ4n) is 4.48. The number of nitrogens with zero attached hydrogens (tertiary/aromatic N) is 1.